The summed E-state index contributed by atoms with van der Waals surface area (Å²) in [5, 5.41) is 3.66. The Balaban J connectivity index is 1.32. The van der Waals surface area contributed by atoms with Crippen LogP contribution in [0.25, 0.3) is 63.9 Å². The lowest BCUT2D eigenvalue weighted by Crippen LogP contribution is -2.29. The SMILES string of the molecule is Cc1cccc(-n2c3c(c4ccccc42)=Cc2c(c4c(n2-c2cccc(-c5cccc6c5C=C=CC=C6)c2)CC=CC=C4)CC=3)n1. The molecular weight excluding hydrogens is 558 g/mol. The number of hydrogen-bond acceptors (Lipinski definition) is 1. The maximum atomic E-state index is 4.96. The Morgan fingerprint density at radius 2 is 1.70 bits per heavy atom. The van der Waals surface area contributed by atoms with E-state index in [0.29, 0.717) is 0 Å². The number of allylic oxidation sites excluding steroid dienone is 5. The van der Waals surface area contributed by atoms with Gasteiger partial charge in [-0.3, -0.25) is 4.57 Å². The number of rotatable bonds is 3. The first-order valence-electron chi connectivity index (χ1n) is 15.9. The number of para-hydroxylation sites is 1. The van der Waals surface area contributed by atoms with Crippen LogP contribution in [0.5, 0.6) is 0 Å². The van der Waals surface area contributed by atoms with Crippen molar-refractivity contribution in [2.75, 3.05) is 0 Å². The Kier molecular flexibility index (Phi) is 6.12. The predicted octanol–water partition coefficient (Wildman–Crippen LogP) is 8.28. The van der Waals surface area contributed by atoms with Crippen LogP contribution in [0.1, 0.15) is 39.3 Å². The molecule has 0 atom stereocenters. The van der Waals surface area contributed by atoms with Gasteiger partial charge < -0.3 is 4.57 Å². The molecule has 3 aromatic carbocycles. The molecule has 0 saturated heterocycles. The van der Waals surface area contributed by atoms with Crippen LogP contribution in [0, 0.1) is 6.92 Å². The summed E-state index contributed by atoms with van der Waals surface area (Å²) in [5.41, 5.74) is 16.7. The molecule has 46 heavy (non-hydrogen) atoms. The highest BCUT2D eigenvalue weighted by molar-refractivity contribution is 5.87. The molecule has 3 aromatic heterocycles. The third-order valence-electron chi connectivity index (χ3n) is 9.36. The minimum Gasteiger partial charge on any atom is -0.313 e. The zero-order valence-electron chi connectivity index (χ0n) is 25.6. The van der Waals surface area contributed by atoms with Crippen molar-refractivity contribution >= 4 is 41.3 Å². The Labute approximate surface area is 268 Å². The van der Waals surface area contributed by atoms with Gasteiger partial charge in [-0.25, -0.2) is 4.98 Å². The Bertz CT molecular complexity index is 2520. The maximum absolute atomic E-state index is 4.96. The summed E-state index contributed by atoms with van der Waals surface area (Å²) in [5.74, 6) is 0.952. The van der Waals surface area contributed by atoms with Gasteiger partial charge >= 0.3 is 0 Å². The van der Waals surface area contributed by atoms with E-state index < -0.39 is 0 Å². The monoisotopic (exact) mass is 589 g/mol. The number of hydrogen-bond donors (Lipinski definition) is 0. The Hall–Kier alpha value is -5.89. The van der Waals surface area contributed by atoms with Gasteiger partial charge in [-0.05, 0) is 89.7 Å². The van der Waals surface area contributed by atoms with Gasteiger partial charge in [0.05, 0.1) is 16.6 Å². The molecule has 0 radical (unpaired) electrons. The van der Waals surface area contributed by atoms with Crippen molar-refractivity contribution in [3.05, 3.63) is 171 Å². The highest BCUT2D eigenvalue weighted by atomic mass is 15.1. The zero-order valence-corrected chi connectivity index (χ0v) is 25.6. The van der Waals surface area contributed by atoms with E-state index in [-0.39, 0.29) is 0 Å². The fourth-order valence-electron chi connectivity index (χ4n) is 7.35. The van der Waals surface area contributed by atoms with Crippen LogP contribution in [0.3, 0.4) is 0 Å². The summed E-state index contributed by atoms with van der Waals surface area (Å²) in [6.07, 6.45) is 23.7. The predicted molar refractivity (Wildman–Crippen MR) is 191 cm³/mol. The lowest BCUT2D eigenvalue weighted by atomic mass is 9.95. The smallest absolute Gasteiger partial charge is 0.137 e. The molecule has 0 amide bonds. The zero-order chi connectivity index (χ0) is 30.6. The number of aryl methyl sites for hydroxylation is 1. The van der Waals surface area contributed by atoms with Crippen LogP contribution in [0.2, 0.25) is 0 Å². The molecule has 0 aliphatic heterocycles. The van der Waals surface area contributed by atoms with Crippen LogP contribution in [-0.4, -0.2) is 14.1 Å². The van der Waals surface area contributed by atoms with Crippen molar-refractivity contribution in [2.24, 2.45) is 0 Å². The number of fused-ring (bicyclic) bond motifs is 7. The van der Waals surface area contributed by atoms with Gasteiger partial charge in [0.15, 0.2) is 0 Å². The molecule has 3 heterocycles. The first-order chi connectivity index (χ1) is 22.7. The molecular formula is C43H31N3. The van der Waals surface area contributed by atoms with Gasteiger partial charge in [-0.15, -0.1) is 5.73 Å². The molecule has 0 unspecified atom stereocenters. The summed E-state index contributed by atoms with van der Waals surface area (Å²) in [7, 11) is 0. The molecule has 6 aromatic rings. The molecule has 0 fully saturated rings. The third kappa shape index (κ3) is 4.18. The van der Waals surface area contributed by atoms with E-state index in [2.05, 4.69) is 161 Å². The first kappa shape index (κ1) is 26.5. The molecule has 0 N–H and O–H groups in total. The van der Waals surface area contributed by atoms with Crippen LogP contribution >= 0.6 is 0 Å². The van der Waals surface area contributed by atoms with Gasteiger partial charge in [0.2, 0.25) is 0 Å². The molecule has 0 saturated carbocycles. The summed E-state index contributed by atoms with van der Waals surface area (Å²) in [6.45, 7) is 2.06. The minimum absolute atomic E-state index is 0.829. The third-order valence-corrected chi connectivity index (χ3v) is 9.36. The maximum Gasteiger partial charge on any atom is 0.137 e. The molecule has 3 aliphatic carbocycles. The van der Waals surface area contributed by atoms with Gasteiger partial charge in [0.25, 0.3) is 0 Å². The molecule has 0 spiro atoms. The van der Waals surface area contributed by atoms with Crippen molar-refractivity contribution < 1.29 is 0 Å². The van der Waals surface area contributed by atoms with Crippen molar-refractivity contribution in [1.82, 2.24) is 14.1 Å². The highest BCUT2D eigenvalue weighted by Crippen LogP contribution is 2.35. The number of aromatic nitrogens is 3. The van der Waals surface area contributed by atoms with E-state index in [1.165, 1.54) is 71.9 Å². The lowest BCUT2D eigenvalue weighted by Gasteiger charge is -2.15. The van der Waals surface area contributed by atoms with E-state index in [4.69, 9.17) is 4.98 Å². The Morgan fingerprint density at radius 1 is 0.783 bits per heavy atom. The average molecular weight is 590 g/mol. The number of nitrogens with zero attached hydrogens (tertiary/aromatic N) is 3. The van der Waals surface area contributed by atoms with Crippen molar-refractivity contribution in [2.45, 2.75) is 19.8 Å². The quantitative estimate of drug-likeness (QED) is 0.191. The number of benzene rings is 3. The van der Waals surface area contributed by atoms with Gasteiger partial charge in [0, 0.05) is 39.7 Å². The molecule has 3 heteroatoms. The highest BCUT2D eigenvalue weighted by Gasteiger charge is 2.24. The van der Waals surface area contributed by atoms with Crippen molar-refractivity contribution in [3.8, 4) is 22.6 Å². The molecule has 9 rings (SSSR count). The fraction of sp³-hybridized carbons (Fsp3) is 0.0698. The fourth-order valence-corrected chi connectivity index (χ4v) is 7.35. The molecule has 218 valence electrons. The Morgan fingerprint density at radius 3 is 2.65 bits per heavy atom. The van der Waals surface area contributed by atoms with E-state index in [1.807, 2.05) is 6.08 Å². The minimum atomic E-state index is 0.829. The van der Waals surface area contributed by atoms with Gasteiger partial charge in [-0.2, -0.15) is 0 Å². The summed E-state index contributed by atoms with van der Waals surface area (Å²) in [4.78, 5) is 4.96. The van der Waals surface area contributed by atoms with Crippen LogP contribution in [0.4, 0.5) is 0 Å². The van der Waals surface area contributed by atoms with Gasteiger partial charge in [-0.1, -0.05) is 97.1 Å². The summed E-state index contributed by atoms with van der Waals surface area (Å²) < 4.78 is 4.84. The molecule has 3 nitrogen and oxygen atoms in total. The topological polar surface area (TPSA) is 22.8 Å². The van der Waals surface area contributed by atoms with Gasteiger partial charge in [0.1, 0.15) is 5.82 Å². The van der Waals surface area contributed by atoms with E-state index in [9.17, 15) is 0 Å². The van der Waals surface area contributed by atoms with Crippen molar-refractivity contribution in [1.29, 1.82) is 0 Å². The molecule has 0 bridgehead atoms. The molecule has 3 aliphatic rings. The first-order valence-corrected chi connectivity index (χ1v) is 15.9. The van der Waals surface area contributed by atoms with Crippen LogP contribution < -0.4 is 10.6 Å². The second-order valence-corrected chi connectivity index (χ2v) is 12.1. The van der Waals surface area contributed by atoms with Crippen LogP contribution in [0.15, 0.2) is 121 Å². The van der Waals surface area contributed by atoms with E-state index >= 15 is 0 Å². The number of pyridine rings is 1. The van der Waals surface area contributed by atoms with E-state index in [1.54, 1.807) is 0 Å². The second-order valence-electron chi connectivity index (χ2n) is 12.1. The second kappa shape index (κ2) is 10.6. The van der Waals surface area contributed by atoms with Crippen molar-refractivity contribution in [3.63, 3.8) is 0 Å². The standard InChI is InChI=1S/C43H31N3/c1-29-13-10-24-43(44-29)46-40-23-9-8-20-36(40)38-28-42-37(25-26-41(38)46)35-19-6-3-7-22-39(35)45(42)32-17-11-16-31(27-32)34-21-12-15-30-14-4-2-5-18-33(30)34/h2-4,6-21,23-24,26-28H,22,25H2,1H3. The largest absolute Gasteiger partial charge is 0.313 e. The van der Waals surface area contributed by atoms with Crippen LogP contribution in [-0.2, 0) is 12.8 Å². The summed E-state index contributed by atoms with van der Waals surface area (Å²) in [6, 6.07) is 30.6. The average Bonchev–Trinajstić information content (AvgIpc) is 3.28. The lowest BCUT2D eigenvalue weighted by molar-refractivity contribution is 0.959. The summed E-state index contributed by atoms with van der Waals surface area (Å²) >= 11 is 0. The van der Waals surface area contributed by atoms with E-state index in [0.717, 1.165) is 24.4 Å². The normalized spacial score (nSPS) is 14.0.